The standard InChI is InChI=1S/C14H19FN2O2S/c1-3-9(4-2)17-12(18)8-19-11-7-5-6-10(15)13(11)14(16)20/h5-7,9H,3-4,8H2,1-2H3,(H2,16,20)(H,17,18). The molecule has 4 nitrogen and oxygen atoms in total. The highest BCUT2D eigenvalue weighted by Crippen LogP contribution is 2.21. The van der Waals surface area contributed by atoms with Crippen LogP contribution in [0.2, 0.25) is 0 Å². The van der Waals surface area contributed by atoms with Crippen molar-refractivity contribution in [3.8, 4) is 5.75 Å². The SMILES string of the molecule is CCC(CC)NC(=O)COc1cccc(F)c1C(N)=S. The van der Waals surface area contributed by atoms with E-state index in [1.807, 2.05) is 13.8 Å². The summed E-state index contributed by atoms with van der Waals surface area (Å²) in [4.78, 5) is 11.6. The fraction of sp³-hybridized carbons (Fsp3) is 0.429. The van der Waals surface area contributed by atoms with Crippen LogP contribution in [0, 0.1) is 5.82 Å². The first-order valence-corrected chi connectivity index (χ1v) is 6.90. The smallest absolute Gasteiger partial charge is 0.258 e. The van der Waals surface area contributed by atoms with Crippen LogP contribution in [-0.2, 0) is 4.79 Å². The van der Waals surface area contributed by atoms with E-state index in [1.54, 1.807) is 0 Å². The van der Waals surface area contributed by atoms with E-state index < -0.39 is 5.82 Å². The summed E-state index contributed by atoms with van der Waals surface area (Å²) in [6.45, 7) is 3.79. The van der Waals surface area contributed by atoms with Gasteiger partial charge in [0.2, 0.25) is 0 Å². The third kappa shape index (κ3) is 4.45. The minimum absolute atomic E-state index is 0.0258. The topological polar surface area (TPSA) is 64.3 Å². The van der Waals surface area contributed by atoms with Gasteiger partial charge in [0.05, 0.1) is 5.56 Å². The number of hydrogen-bond acceptors (Lipinski definition) is 3. The van der Waals surface area contributed by atoms with Crippen molar-refractivity contribution < 1.29 is 13.9 Å². The van der Waals surface area contributed by atoms with Gasteiger partial charge in [0, 0.05) is 6.04 Å². The molecule has 0 atom stereocenters. The van der Waals surface area contributed by atoms with Crippen LogP contribution in [0.5, 0.6) is 5.75 Å². The van der Waals surface area contributed by atoms with Gasteiger partial charge in [0.15, 0.2) is 6.61 Å². The zero-order valence-electron chi connectivity index (χ0n) is 11.6. The molecule has 6 heteroatoms. The van der Waals surface area contributed by atoms with Crippen LogP contribution in [0.25, 0.3) is 0 Å². The molecule has 1 aromatic rings. The van der Waals surface area contributed by atoms with Gasteiger partial charge in [-0.1, -0.05) is 32.1 Å². The van der Waals surface area contributed by atoms with Gasteiger partial charge in [0.1, 0.15) is 16.6 Å². The van der Waals surface area contributed by atoms with Crippen LogP contribution >= 0.6 is 12.2 Å². The van der Waals surface area contributed by atoms with Crippen molar-refractivity contribution in [1.82, 2.24) is 5.32 Å². The molecule has 0 aliphatic rings. The number of benzene rings is 1. The molecule has 0 fully saturated rings. The molecule has 110 valence electrons. The summed E-state index contributed by atoms with van der Waals surface area (Å²) in [7, 11) is 0. The van der Waals surface area contributed by atoms with E-state index in [2.05, 4.69) is 5.32 Å². The number of halogens is 1. The Kier molecular flexibility index (Phi) is 6.38. The zero-order valence-corrected chi connectivity index (χ0v) is 12.4. The van der Waals surface area contributed by atoms with Gasteiger partial charge in [-0.3, -0.25) is 4.79 Å². The van der Waals surface area contributed by atoms with E-state index in [0.29, 0.717) is 0 Å². The summed E-state index contributed by atoms with van der Waals surface area (Å²) in [6.07, 6.45) is 1.70. The molecule has 1 aromatic carbocycles. The van der Waals surface area contributed by atoms with Gasteiger partial charge < -0.3 is 15.8 Å². The van der Waals surface area contributed by atoms with E-state index in [0.717, 1.165) is 12.8 Å². The Hall–Kier alpha value is -1.69. The number of hydrogen-bond donors (Lipinski definition) is 2. The Bertz CT molecular complexity index is 490. The Balaban J connectivity index is 2.69. The predicted molar refractivity (Wildman–Crippen MR) is 80.3 cm³/mol. The maximum atomic E-state index is 13.6. The Morgan fingerprint density at radius 1 is 1.45 bits per heavy atom. The minimum atomic E-state index is -0.560. The van der Waals surface area contributed by atoms with E-state index in [9.17, 15) is 9.18 Å². The highest BCUT2D eigenvalue weighted by molar-refractivity contribution is 7.80. The predicted octanol–water partition coefficient (Wildman–Crippen LogP) is 2.14. The molecule has 0 aliphatic heterocycles. The maximum absolute atomic E-state index is 13.6. The second kappa shape index (κ2) is 7.79. The lowest BCUT2D eigenvalue weighted by Gasteiger charge is -2.16. The Morgan fingerprint density at radius 2 is 2.10 bits per heavy atom. The molecule has 20 heavy (non-hydrogen) atoms. The molecule has 0 bridgehead atoms. The minimum Gasteiger partial charge on any atom is -0.483 e. The van der Waals surface area contributed by atoms with E-state index in [4.69, 9.17) is 22.7 Å². The van der Waals surface area contributed by atoms with Gasteiger partial charge in [0.25, 0.3) is 5.91 Å². The average Bonchev–Trinajstić information content (AvgIpc) is 2.42. The third-order valence-electron chi connectivity index (χ3n) is 2.93. The number of carbonyl (C=O) groups is 1. The first-order chi connectivity index (χ1) is 9.49. The van der Waals surface area contributed by atoms with Gasteiger partial charge in [-0.15, -0.1) is 0 Å². The third-order valence-corrected chi connectivity index (χ3v) is 3.14. The second-order valence-corrected chi connectivity index (χ2v) is 4.79. The highest BCUT2D eigenvalue weighted by Gasteiger charge is 2.14. The Morgan fingerprint density at radius 3 is 2.65 bits per heavy atom. The van der Waals surface area contributed by atoms with Crippen LogP contribution in [0.3, 0.4) is 0 Å². The number of nitrogens with one attached hydrogen (secondary N) is 1. The van der Waals surface area contributed by atoms with Crippen molar-refractivity contribution >= 4 is 23.1 Å². The number of ether oxygens (including phenoxy) is 1. The van der Waals surface area contributed by atoms with Crippen molar-refractivity contribution in [2.45, 2.75) is 32.7 Å². The fourth-order valence-corrected chi connectivity index (χ4v) is 1.97. The largest absolute Gasteiger partial charge is 0.483 e. The molecule has 3 N–H and O–H groups in total. The summed E-state index contributed by atoms with van der Waals surface area (Å²) in [5.41, 5.74) is 5.48. The van der Waals surface area contributed by atoms with Crippen molar-refractivity contribution in [3.63, 3.8) is 0 Å². The maximum Gasteiger partial charge on any atom is 0.258 e. The first-order valence-electron chi connectivity index (χ1n) is 6.50. The van der Waals surface area contributed by atoms with E-state index in [1.165, 1.54) is 18.2 Å². The average molecular weight is 298 g/mol. The van der Waals surface area contributed by atoms with Crippen LogP contribution in [0.15, 0.2) is 18.2 Å². The molecule has 0 unspecified atom stereocenters. The second-order valence-electron chi connectivity index (χ2n) is 4.35. The normalized spacial score (nSPS) is 10.4. The molecule has 0 radical (unpaired) electrons. The van der Waals surface area contributed by atoms with Crippen molar-refractivity contribution in [3.05, 3.63) is 29.6 Å². The monoisotopic (exact) mass is 298 g/mol. The summed E-state index contributed by atoms with van der Waals surface area (Å²) in [5, 5.41) is 2.83. The molecular weight excluding hydrogens is 279 g/mol. The van der Waals surface area contributed by atoms with Crippen molar-refractivity contribution in [2.75, 3.05) is 6.61 Å². The van der Waals surface area contributed by atoms with Gasteiger partial charge in [-0.2, -0.15) is 0 Å². The molecule has 1 amide bonds. The van der Waals surface area contributed by atoms with Crippen molar-refractivity contribution in [2.24, 2.45) is 5.73 Å². The lowest BCUT2D eigenvalue weighted by Crippen LogP contribution is -2.37. The molecule has 0 saturated heterocycles. The van der Waals surface area contributed by atoms with E-state index >= 15 is 0 Å². The van der Waals surface area contributed by atoms with Crippen LogP contribution < -0.4 is 15.8 Å². The molecule has 0 heterocycles. The quantitative estimate of drug-likeness (QED) is 0.757. The van der Waals surface area contributed by atoms with Crippen molar-refractivity contribution in [1.29, 1.82) is 0 Å². The zero-order chi connectivity index (χ0) is 15.1. The van der Waals surface area contributed by atoms with Crippen LogP contribution in [-0.4, -0.2) is 23.5 Å². The lowest BCUT2D eigenvalue weighted by molar-refractivity contribution is -0.123. The molecule has 0 spiro atoms. The van der Waals surface area contributed by atoms with Gasteiger partial charge in [-0.25, -0.2) is 4.39 Å². The molecule has 0 aromatic heterocycles. The van der Waals surface area contributed by atoms with Crippen LogP contribution in [0.1, 0.15) is 32.3 Å². The molecule has 1 rings (SSSR count). The van der Waals surface area contributed by atoms with Crippen LogP contribution in [0.4, 0.5) is 4.39 Å². The first kappa shape index (κ1) is 16.4. The summed E-state index contributed by atoms with van der Waals surface area (Å²) < 4.78 is 18.9. The Labute approximate surface area is 123 Å². The number of nitrogens with two attached hydrogens (primary N) is 1. The lowest BCUT2D eigenvalue weighted by atomic mass is 10.2. The van der Waals surface area contributed by atoms with Gasteiger partial charge in [-0.05, 0) is 25.0 Å². The summed E-state index contributed by atoms with van der Waals surface area (Å²) in [6, 6.07) is 4.37. The molecular formula is C14H19FN2O2S. The molecule has 0 saturated carbocycles. The number of carbonyl (C=O) groups excluding carboxylic acids is 1. The van der Waals surface area contributed by atoms with E-state index in [-0.39, 0.29) is 34.9 Å². The summed E-state index contributed by atoms with van der Waals surface area (Å²) in [5.74, 6) is -0.635. The summed E-state index contributed by atoms with van der Waals surface area (Å²) >= 11 is 4.78. The fourth-order valence-electron chi connectivity index (χ4n) is 1.77. The van der Waals surface area contributed by atoms with Gasteiger partial charge >= 0.3 is 0 Å². The number of rotatable bonds is 7. The highest BCUT2D eigenvalue weighted by atomic mass is 32.1. The molecule has 0 aliphatic carbocycles. The number of amides is 1. The number of thiocarbonyl (C=S) groups is 1.